The average molecular weight is 279 g/mol. The van der Waals surface area contributed by atoms with Crippen molar-refractivity contribution in [3.05, 3.63) is 30.3 Å². The lowest BCUT2D eigenvalue weighted by atomic mass is 10.3. The van der Waals surface area contributed by atoms with Gasteiger partial charge in [0, 0.05) is 39.1 Å². The van der Waals surface area contributed by atoms with Crippen LogP contribution in [0, 0.1) is 11.3 Å². The van der Waals surface area contributed by atoms with E-state index in [-0.39, 0.29) is 0 Å². The van der Waals surface area contributed by atoms with Crippen molar-refractivity contribution in [2.45, 2.75) is 11.3 Å². The first-order valence-corrected chi connectivity index (χ1v) is 7.73. The van der Waals surface area contributed by atoms with Gasteiger partial charge in [0.2, 0.25) is 10.0 Å². The summed E-state index contributed by atoms with van der Waals surface area (Å²) in [4.78, 5) is 2.47. The molecule has 0 bridgehead atoms. The van der Waals surface area contributed by atoms with Crippen molar-refractivity contribution in [2.75, 3.05) is 32.7 Å². The summed E-state index contributed by atoms with van der Waals surface area (Å²) >= 11 is 0. The molecular weight excluding hydrogens is 262 g/mol. The zero-order valence-electron chi connectivity index (χ0n) is 10.7. The molecule has 1 saturated heterocycles. The highest BCUT2D eigenvalue weighted by molar-refractivity contribution is 7.89. The molecule has 0 saturated carbocycles. The van der Waals surface area contributed by atoms with E-state index in [1.54, 1.807) is 30.3 Å². The zero-order valence-corrected chi connectivity index (χ0v) is 11.5. The second-order valence-corrected chi connectivity index (χ2v) is 6.40. The minimum absolute atomic E-state index is 0.348. The molecule has 0 spiro atoms. The normalized spacial score (nSPS) is 18.1. The van der Waals surface area contributed by atoms with Gasteiger partial charge in [-0.05, 0) is 12.1 Å². The number of rotatable bonds is 4. The van der Waals surface area contributed by atoms with Gasteiger partial charge < -0.3 is 0 Å². The van der Waals surface area contributed by atoms with E-state index in [1.807, 2.05) is 0 Å². The molecule has 5 nitrogen and oxygen atoms in total. The van der Waals surface area contributed by atoms with Crippen LogP contribution in [0.4, 0.5) is 0 Å². The number of nitriles is 1. The third-order valence-corrected chi connectivity index (χ3v) is 5.16. The molecule has 0 radical (unpaired) electrons. The molecule has 1 aromatic carbocycles. The van der Waals surface area contributed by atoms with Gasteiger partial charge in [0.05, 0.1) is 11.0 Å². The molecule has 1 aliphatic heterocycles. The van der Waals surface area contributed by atoms with Crippen LogP contribution in [0.2, 0.25) is 0 Å². The Balaban J connectivity index is 2.00. The van der Waals surface area contributed by atoms with Crippen LogP contribution in [0.25, 0.3) is 0 Å². The molecule has 0 amide bonds. The number of sulfonamides is 1. The summed E-state index contributed by atoms with van der Waals surface area (Å²) in [6.07, 6.45) is 0.492. The summed E-state index contributed by atoms with van der Waals surface area (Å²) in [7, 11) is -3.36. The van der Waals surface area contributed by atoms with Crippen molar-refractivity contribution in [3.63, 3.8) is 0 Å². The molecule has 0 aliphatic carbocycles. The van der Waals surface area contributed by atoms with Crippen LogP contribution in [0.3, 0.4) is 0 Å². The fraction of sp³-hybridized carbons (Fsp3) is 0.462. The lowest BCUT2D eigenvalue weighted by Gasteiger charge is -2.33. The molecule has 6 heteroatoms. The van der Waals surface area contributed by atoms with Gasteiger partial charge in [0.15, 0.2) is 0 Å². The molecule has 1 aliphatic rings. The van der Waals surface area contributed by atoms with Gasteiger partial charge in [0.1, 0.15) is 0 Å². The SMILES string of the molecule is N#CCCN1CCN(S(=O)(=O)c2ccccc2)CC1. The Morgan fingerprint density at radius 3 is 2.32 bits per heavy atom. The van der Waals surface area contributed by atoms with Crippen LogP contribution in [-0.4, -0.2) is 50.3 Å². The van der Waals surface area contributed by atoms with E-state index in [0.717, 1.165) is 6.54 Å². The monoisotopic (exact) mass is 279 g/mol. The van der Waals surface area contributed by atoms with Gasteiger partial charge in [-0.1, -0.05) is 18.2 Å². The topological polar surface area (TPSA) is 64.4 Å². The van der Waals surface area contributed by atoms with E-state index in [0.29, 0.717) is 37.5 Å². The van der Waals surface area contributed by atoms with Crippen molar-refractivity contribution in [2.24, 2.45) is 0 Å². The van der Waals surface area contributed by atoms with E-state index in [9.17, 15) is 8.42 Å². The Kier molecular flexibility index (Phi) is 4.53. The molecule has 2 rings (SSSR count). The van der Waals surface area contributed by atoms with Crippen LogP contribution in [-0.2, 0) is 10.0 Å². The minimum Gasteiger partial charge on any atom is -0.300 e. The molecule has 1 fully saturated rings. The Labute approximate surface area is 114 Å². The van der Waals surface area contributed by atoms with Crippen LogP contribution < -0.4 is 0 Å². The fourth-order valence-corrected chi connectivity index (χ4v) is 3.59. The van der Waals surface area contributed by atoms with Crippen molar-refractivity contribution in [3.8, 4) is 6.07 Å². The smallest absolute Gasteiger partial charge is 0.243 e. The van der Waals surface area contributed by atoms with Gasteiger partial charge >= 0.3 is 0 Å². The first kappa shape index (κ1) is 14.0. The summed E-state index contributed by atoms with van der Waals surface area (Å²) in [5.41, 5.74) is 0. The van der Waals surface area contributed by atoms with E-state index in [4.69, 9.17) is 5.26 Å². The molecular formula is C13H17N3O2S. The maximum Gasteiger partial charge on any atom is 0.243 e. The van der Waals surface area contributed by atoms with Crippen LogP contribution in [0.15, 0.2) is 35.2 Å². The predicted molar refractivity (Wildman–Crippen MR) is 71.9 cm³/mol. The number of hydrogen-bond acceptors (Lipinski definition) is 4. The minimum atomic E-state index is -3.36. The van der Waals surface area contributed by atoms with Crippen LogP contribution in [0.1, 0.15) is 6.42 Å². The van der Waals surface area contributed by atoms with Crippen LogP contribution >= 0.6 is 0 Å². The molecule has 1 heterocycles. The Morgan fingerprint density at radius 1 is 1.11 bits per heavy atom. The number of benzene rings is 1. The Bertz CT molecular complexity index is 543. The lowest BCUT2D eigenvalue weighted by Crippen LogP contribution is -2.48. The molecule has 0 aromatic heterocycles. The fourth-order valence-electron chi connectivity index (χ4n) is 2.14. The number of nitrogens with zero attached hydrogens (tertiary/aromatic N) is 3. The molecule has 102 valence electrons. The Hall–Kier alpha value is -1.42. The van der Waals surface area contributed by atoms with Crippen molar-refractivity contribution < 1.29 is 8.42 Å². The highest BCUT2D eigenvalue weighted by Crippen LogP contribution is 2.17. The summed E-state index contributed by atoms with van der Waals surface area (Å²) < 4.78 is 26.2. The van der Waals surface area contributed by atoms with Crippen molar-refractivity contribution >= 4 is 10.0 Å². The van der Waals surface area contributed by atoms with Gasteiger partial charge in [0.25, 0.3) is 0 Å². The van der Waals surface area contributed by atoms with Crippen molar-refractivity contribution in [1.29, 1.82) is 5.26 Å². The van der Waals surface area contributed by atoms with E-state index >= 15 is 0 Å². The first-order chi connectivity index (χ1) is 9.14. The highest BCUT2D eigenvalue weighted by Gasteiger charge is 2.27. The van der Waals surface area contributed by atoms with Gasteiger partial charge in [-0.2, -0.15) is 9.57 Å². The summed E-state index contributed by atoms with van der Waals surface area (Å²) in [5, 5.41) is 8.54. The summed E-state index contributed by atoms with van der Waals surface area (Å²) in [6.45, 7) is 3.07. The second kappa shape index (κ2) is 6.15. The maximum absolute atomic E-state index is 12.4. The predicted octanol–water partition coefficient (Wildman–Crippen LogP) is 0.907. The maximum atomic E-state index is 12.4. The highest BCUT2D eigenvalue weighted by atomic mass is 32.2. The summed E-state index contributed by atoms with van der Waals surface area (Å²) in [6, 6.07) is 10.6. The largest absolute Gasteiger partial charge is 0.300 e. The standard InChI is InChI=1S/C13H17N3O2S/c14-7-4-8-15-9-11-16(12-10-15)19(17,18)13-5-2-1-3-6-13/h1-3,5-6H,4,8-12H2. The lowest BCUT2D eigenvalue weighted by molar-refractivity contribution is 0.191. The van der Waals surface area contributed by atoms with Gasteiger partial charge in [-0.3, -0.25) is 4.90 Å². The molecule has 0 unspecified atom stereocenters. The van der Waals surface area contributed by atoms with Crippen LogP contribution in [0.5, 0.6) is 0 Å². The van der Waals surface area contributed by atoms with Crippen molar-refractivity contribution in [1.82, 2.24) is 9.21 Å². The zero-order chi connectivity index (χ0) is 13.7. The summed E-state index contributed by atoms with van der Waals surface area (Å²) in [5.74, 6) is 0. The molecule has 0 N–H and O–H groups in total. The third-order valence-electron chi connectivity index (χ3n) is 3.25. The van der Waals surface area contributed by atoms with Gasteiger partial charge in [-0.25, -0.2) is 8.42 Å². The van der Waals surface area contributed by atoms with Gasteiger partial charge in [-0.15, -0.1) is 0 Å². The quantitative estimate of drug-likeness (QED) is 0.821. The molecule has 1 aromatic rings. The average Bonchev–Trinajstić information content (AvgIpc) is 2.46. The first-order valence-electron chi connectivity index (χ1n) is 6.29. The second-order valence-electron chi connectivity index (χ2n) is 4.47. The molecule has 0 atom stereocenters. The number of piperazine rings is 1. The third kappa shape index (κ3) is 3.32. The van der Waals surface area contributed by atoms with E-state index in [1.165, 1.54) is 4.31 Å². The van der Waals surface area contributed by atoms with E-state index < -0.39 is 10.0 Å². The Morgan fingerprint density at radius 2 is 1.74 bits per heavy atom. The molecule has 19 heavy (non-hydrogen) atoms. The van der Waals surface area contributed by atoms with E-state index in [2.05, 4.69) is 11.0 Å². The number of hydrogen-bond donors (Lipinski definition) is 0.